The number of ether oxygens (including phenoxy) is 1. The van der Waals surface area contributed by atoms with Crippen LogP contribution >= 0.6 is 23.1 Å². The van der Waals surface area contributed by atoms with E-state index in [2.05, 4.69) is 15.0 Å². The first-order valence-corrected chi connectivity index (χ1v) is 11.5. The molecule has 0 bridgehead atoms. The third kappa shape index (κ3) is 4.57. The molecule has 0 unspecified atom stereocenters. The lowest BCUT2D eigenvalue weighted by molar-refractivity contribution is 0.313. The number of fused-ring (bicyclic) bond motifs is 1. The lowest BCUT2D eigenvalue weighted by Gasteiger charge is -2.06. The second-order valence-corrected chi connectivity index (χ2v) is 9.08. The molecule has 31 heavy (non-hydrogen) atoms. The van der Waals surface area contributed by atoms with Crippen LogP contribution in [0.15, 0.2) is 51.3 Å². The van der Waals surface area contributed by atoms with E-state index in [4.69, 9.17) is 4.74 Å². The summed E-state index contributed by atoms with van der Waals surface area (Å²) in [6.45, 7) is 4.38. The summed E-state index contributed by atoms with van der Waals surface area (Å²) in [4.78, 5) is 37.0. The number of benzene rings is 1. The summed E-state index contributed by atoms with van der Waals surface area (Å²) >= 11 is 2.75. The van der Waals surface area contributed by atoms with E-state index in [1.165, 1.54) is 41.3 Å². The SMILES string of the molecule is CCCOc1c[nH]c(CSc2nc3sc(C)c(-c4ccc(F)cc4)c3c(=O)[nH]2)cc1=O. The number of nitrogens with one attached hydrogen (secondary N) is 2. The number of H-pyrrole nitrogens is 2. The van der Waals surface area contributed by atoms with E-state index in [1.807, 2.05) is 13.8 Å². The topological polar surface area (TPSA) is 87.8 Å². The van der Waals surface area contributed by atoms with E-state index in [9.17, 15) is 14.0 Å². The number of hydrogen-bond donors (Lipinski definition) is 2. The molecule has 0 spiro atoms. The zero-order valence-corrected chi connectivity index (χ0v) is 18.6. The minimum Gasteiger partial charge on any atom is -0.488 e. The number of pyridine rings is 1. The fraction of sp³-hybridized carbons (Fsp3) is 0.227. The number of rotatable bonds is 7. The molecule has 6 nitrogen and oxygen atoms in total. The van der Waals surface area contributed by atoms with Crippen molar-refractivity contribution in [2.45, 2.75) is 31.2 Å². The first-order valence-electron chi connectivity index (χ1n) is 9.73. The second-order valence-electron chi connectivity index (χ2n) is 6.92. The molecule has 9 heteroatoms. The maximum Gasteiger partial charge on any atom is 0.260 e. The fourth-order valence-corrected chi connectivity index (χ4v) is 5.07. The van der Waals surface area contributed by atoms with Gasteiger partial charge in [-0.15, -0.1) is 11.3 Å². The van der Waals surface area contributed by atoms with Gasteiger partial charge in [-0.1, -0.05) is 30.8 Å². The van der Waals surface area contributed by atoms with Crippen molar-refractivity contribution in [3.05, 3.63) is 73.5 Å². The Morgan fingerprint density at radius 2 is 2.00 bits per heavy atom. The highest BCUT2D eigenvalue weighted by Gasteiger charge is 2.17. The Morgan fingerprint density at radius 1 is 1.23 bits per heavy atom. The van der Waals surface area contributed by atoms with Crippen LogP contribution in [0.1, 0.15) is 23.9 Å². The highest BCUT2D eigenvalue weighted by Crippen LogP contribution is 2.36. The molecule has 0 aliphatic heterocycles. The minimum atomic E-state index is -0.324. The van der Waals surface area contributed by atoms with Crippen LogP contribution in [-0.2, 0) is 5.75 Å². The van der Waals surface area contributed by atoms with Gasteiger partial charge < -0.3 is 14.7 Å². The molecule has 0 fully saturated rings. The van der Waals surface area contributed by atoms with Gasteiger partial charge in [0.2, 0.25) is 5.43 Å². The van der Waals surface area contributed by atoms with Crippen LogP contribution in [0.5, 0.6) is 5.75 Å². The van der Waals surface area contributed by atoms with E-state index in [0.717, 1.165) is 22.4 Å². The summed E-state index contributed by atoms with van der Waals surface area (Å²) in [6.07, 6.45) is 2.38. The molecule has 2 N–H and O–H groups in total. The zero-order chi connectivity index (χ0) is 22.0. The third-order valence-corrected chi connectivity index (χ3v) is 6.53. The number of thiophene rings is 1. The first-order chi connectivity index (χ1) is 15.0. The van der Waals surface area contributed by atoms with E-state index in [-0.39, 0.29) is 16.8 Å². The van der Waals surface area contributed by atoms with Crippen molar-refractivity contribution >= 4 is 33.3 Å². The molecular formula is C22H20FN3O3S2. The Balaban J connectivity index is 1.59. The van der Waals surface area contributed by atoms with Gasteiger partial charge in [-0.05, 0) is 31.0 Å². The standard InChI is InChI=1S/C22H20FN3O3S2/c1-3-8-29-17-10-24-15(9-16(17)27)11-30-22-25-20(28)19-18(12(2)31-21(19)26-22)13-4-6-14(23)7-5-13/h4-7,9-10H,3,8,11H2,1-2H3,(H,24,27)(H,25,26,28). The van der Waals surface area contributed by atoms with Gasteiger partial charge in [0.05, 0.1) is 12.0 Å². The van der Waals surface area contributed by atoms with Crippen LogP contribution < -0.4 is 15.7 Å². The molecule has 0 amide bonds. The fourth-order valence-electron chi connectivity index (χ4n) is 3.19. The predicted octanol–water partition coefficient (Wildman–Crippen LogP) is 4.87. The second kappa shape index (κ2) is 9.07. The number of aryl methyl sites for hydroxylation is 1. The van der Waals surface area contributed by atoms with Crippen molar-refractivity contribution in [1.29, 1.82) is 0 Å². The molecule has 0 aliphatic rings. The monoisotopic (exact) mass is 457 g/mol. The van der Waals surface area contributed by atoms with Crippen molar-refractivity contribution < 1.29 is 9.13 Å². The largest absolute Gasteiger partial charge is 0.488 e. The van der Waals surface area contributed by atoms with Gasteiger partial charge in [-0.2, -0.15) is 0 Å². The molecule has 0 atom stereocenters. The number of aromatic nitrogens is 3. The minimum absolute atomic E-state index is 0.183. The average molecular weight is 458 g/mol. The lowest BCUT2D eigenvalue weighted by Crippen LogP contribution is -2.10. The van der Waals surface area contributed by atoms with E-state index >= 15 is 0 Å². The van der Waals surface area contributed by atoms with E-state index in [1.54, 1.807) is 18.3 Å². The molecule has 0 aliphatic carbocycles. The maximum atomic E-state index is 13.3. The maximum absolute atomic E-state index is 13.3. The molecule has 3 aromatic heterocycles. The van der Waals surface area contributed by atoms with Crippen molar-refractivity contribution in [2.75, 3.05) is 6.61 Å². The van der Waals surface area contributed by atoms with Crippen molar-refractivity contribution in [1.82, 2.24) is 15.0 Å². The third-order valence-electron chi connectivity index (χ3n) is 4.61. The molecule has 160 valence electrons. The summed E-state index contributed by atoms with van der Waals surface area (Å²) in [5.41, 5.74) is 1.83. The van der Waals surface area contributed by atoms with Gasteiger partial charge in [0.25, 0.3) is 5.56 Å². The average Bonchev–Trinajstić information content (AvgIpc) is 3.08. The normalized spacial score (nSPS) is 11.2. The summed E-state index contributed by atoms with van der Waals surface area (Å²) in [5, 5.41) is 0.973. The molecule has 1 aromatic carbocycles. The molecule has 0 saturated heterocycles. The smallest absolute Gasteiger partial charge is 0.260 e. The quantitative estimate of drug-likeness (QED) is 0.305. The molecule has 4 rings (SSSR count). The van der Waals surface area contributed by atoms with Gasteiger partial charge in [-0.3, -0.25) is 9.59 Å². The van der Waals surface area contributed by atoms with Crippen LogP contribution in [-0.4, -0.2) is 21.6 Å². The molecule has 0 radical (unpaired) electrons. The number of halogens is 1. The highest BCUT2D eigenvalue weighted by atomic mass is 32.2. The molecule has 0 saturated carbocycles. The van der Waals surface area contributed by atoms with Gasteiger partial charge in [0, 0.05) is 34.2 Å². The summed E-state index contributed by atoms with van der Waals surface area (Å²) in [6, 6.07) is 7.58. The molecule has 3 heterocycles. The predicted molar refractivity (Wildman–Crippen MR) is 123 cm³/mol. The van der Waals surface area contributed by atoms with Gasteiger partial charge in [0.15, 0.2) is 10.9 Å². The lowest BCUT2D eigenvalue weighted by atomic mass is 10.0. The summed E-state index contributed by atoms with van der Waals surface area (Å²) < 4.78 is 18.7. The Morgan fingerprint density at radius 3 is 2.71 bits per heavy atom. The van der Waals surface area contributed by atoms with Crippen LogP contribution in [0.3, 0.4) is 0 Å². The van der Waals surface area contributed by atoms with Crippen molar-refractivity contribution in [3.8, 4) is 16.9 Å². The molecule has 4 aromatic rings. The van der Waals surface area contributed by atoms with Crippen molar-refractivity contribution in [3.63, 3.8) is 0 Å². The van der Waals surface area contributed by atoms with Crippen LogP contribution in [0.2, 0.25) is 0 Å². The van der Waals surface area contributed by atoms with Gasteiger partial charge in [-0.25, -0.2) is 9.37 Å². The van der Waals surface area contributed by atoms with E-state index in [0.29, 0.717) is 39.2 Å². The number of thioether (sulfide) groups is 1. The Bertz CT molecular complexity index is 1340. The van der Waals surface area contributed by atoms with Crippen molar-refractivity contribution in [2.24, 2.45) is 0 Å². The number of aromatic amines is 2. The Kier molecular flexibility index (Phi) is 6.24. The summed E-state index contributed by atoms with van der Waals surface area (Å²) in [5.74, 6) is 0.410. The molecular weight excluding hydrogens is 437 g/mol. The summed E-state index contributed by atoms with van der Waals surface area (Å²) in [7, 11) is 0. The first kappa shape index (κ1) is 21.3. The number of nitrogens with zero attached hydrogens (tertiary/aromatic N) is 1. The van der Waals surface area contributed by atoms with Gasteiger partial charge >= 0.3 is 0 Å². The number of hydrogen-bond acceptors (Lipinski definition) is 6. The van der Waals surface area contributed by atoms with Crippen LogP contribution in [0.25, 0.3) is 21.3 Å². The highest BCUT2D eigenvalue weighted by molar-refractivity contribution is 7.98. The van der Waals surface area contributed by atoms with Crippen LogP contribution in [0.4, 0.5) is 4.39 Å². The Labute approximate surface area is 185 Å². The Hall–Kier alpha value is -2.91. The van der Waals surface area contributed by atoms with Gasteiger partial charge in [0.1, 0.15) is 10.6 Å². The van der Waals surface area contributed by atoms with Crippen LogP contribution in [0, 0.1) is 12.7 Å². The van der Waals surface area contributed by atoms with E-state index < -0.39 is 0 Å². The zero-order valence-electron chi connectivity index (χ0n) is 17.0.